The van der Waals surface area contributed by atoms with Crippen molar-refractivity contribution in [2.45, 2.75) is 20.3 Å². The van der Waals surface area contributed by atoms with Crippen LogP contribution in [0.5, 0.6) is 0 Å². The first kappa shape index (κ1) is 29.2. The Morgan fingerprint density at radius 3 is 0.846 bits per heavy atom. The summed E-state index contributed by atoms with van der Waals surface area (Å²) in [6, 6.07) is 0. The molecule has 0 rings (SSSR count). The van der Waals surface area contributed by atoms with Crippen molar-refractivity contribution in [3.05, 3.63) is 0 Å². The van der Waals surface area contributed by atoms with E-state index in [-0.39, 0.29) is 44.2 Å². The highest BCUT2D eigenvalue weighted by atomic mass is 79.9. The summed E-state index contributed by atoms with van der Waals surface area (Å²) in [7, 11) is 0. The van der Waals surface area contributed by atoms with E-state index in [0.717, 1.165) is 0 Å². The Labute approximate surface area is 111 Å². The maximum Gasteiger partial charge on any atom is 0.160 e. The molecule has 0 fully saturated rings. The summed E-state index contributed by atoms with van der Waals surface area (Å²) in [4.78, 5) is 0. The van der Waals surface area contributed by atoms with Gasteiger partial charge in [0.2, 0.25) is 0 Å². The molecule has 0 atom stereocenters. The van der Waals surface area contributed by atoms with Crippen molar-refractivity contribution in [3.8, 4) is 0 Å². The molecule has 13 heavy (non-hydrogen) atoms. The Hall–Kier alpha value is 0.340. The lowest BCUT2D eigenvalue weighted by Crippen LogP contribution is -2.18. The molecule has 0 unspecified atom stereocenters. The Morgan fingerprint density at radius 2 is 0.846 bits per heavy atom. The smallest absolute Gasteiger partial charge is 0.160 e. The van der Waals surface area contributed by atoms with Crippen molar-refractivity contribution >= 4 is 68.6 Å². The van der Waals surface area contributed by atoms with E-state index in [1.54, 1.807) is 0 Å². The van der Waals surface area contributed by atoms with Crippen LogP contribution >= 0.6 is 58.4 Å². The lowest BCUT2D eigenvalue weighted by atomic mass is 10.6. The van der Waals surface area contributed by atoms with Gasteiger partial charge >= 0.3 is 0 Å². The van der Waals surface area contributed by atoms with Crippen LogP contribution in [-0.2, 0) is 0 Å². The van der Waals surface area contributed by atoms with Crippen molar-refractivity contribution in [1.29, 1.82) is 0 Å². The quantitative estimate of drug-likeness (QED) is 0.481. The van der Waals surface area contributed by atoms with Gasteiger partial charge < -0.3 is 22.9 Å². The number of halogens is 2. The number of thiocarbonyl (C=S) groups is 2. The molecular weight excluding hydrogens is 340 g/mol. The molecule has 0 aliphatic carbocycles. The van der Waals surface area contributed by atoms with Gasteiger partial charge in [0, 0.05) is 0 Å². The van der Waals surface area contributed by atoms with E-state index in [4.69, 9.17) is 0 Å². The second-order valence-corrected chi connectivity index (χ2v) is 2.45. The zero-order chi connectivity index (χ0) is 9.86. The molecule has 0 amide bonds. The topological polar surface area (TPSA) is 104 Å². The third-order valence-electron chi connectivity index (χ3n) is 0. The van der Waals surface area contributed by atoms with Gasteiger partial charge in [-0.15, -0.1) is 34.0 Å². The lowest BCUT2D eigenvalue weighted by Gasteiger charge is -1.68. The Kier molecular flexibility index (Phi) is 66.2. The molecule has 0 aromatic carbocycles. The summed E-state index contributed by atoms with van der Waals surface area (Å²) in [5.41, 5.74) is 18.5. The van der Waals surface area contributed by atoms with Gasteiger partial charge in [0.15, 0.2) is 10.2 Å². The molecule has 0 aliphatic heterocycles. The van der Waals surface area contributed by atoms with Crippen LogP contribution in [-0.4, -0.2) is 10.2 Å². The van der Waals surface area contributed by atoms with Crippen LogP contribution < -0.4 is 22.9 Å². The Morgan fingerprint density at radius 1 is 0.846 bits per heavy atom. The fraction of sp³-hybridized carbons (Fsp3) is 0.600. The number of hydrogen-bond donors (Lipinski definition) is 4. The van der Waals surface area contributed by atoms with E-state index < -0.39 is 0 Å². The minimum Gasteiger partial charge on any atom is -0.377 e. The lowest BCUT2D eigenvalue weighted by molar-refractivity contribution is 1.09. The number of rotatable bonds is 0. The highest BCUT2D eigenvalue weighted by Crippen LogP contribution is 1.56. The summed E-state index contributed by atoms with van der Waals surface area (Å²) in [6.07, 6.45) is 1.25. The first-order chi connectivity index (χ1) is 4.88. The largest absolute Gasteiger partial charge is 0.377 e. The highest BCUT2D eigenvalue weighted by molar-refractivity contribution is 8.93. The van der Waals surface area contributed by atoms with Gasteiger partial charge in [0.05, 0.1) is 0 Å². The van der Waals surface area contributed by atoms with Crippen LogP contribution in [0.25, 0.3) is 0 Å². The molecule has 0 aromatic heterocycles. The molecule has 4 nitrogen and oxygen atoms in total. The van der Waals surface area contributed by atoms with Crippen molar-refractivity contribution in [2.75, 3.05) is 0 Å². The van der Waals surface area contributed by atoms with Crippen molar-refractivity contribution in [3.63, 3.8) is 0 Å². The fourth-order valence-corrected chi connectivity index (χ4v) is 0. The zero-order valence-electron chi connectivity index (χ0n) is 7.65. The summed E-state index contributed by atoms with van der Waals surface area (Å²) in [6.45, 7) is 4.25. The molecule has 0 heterocycles. The molecule has 0 radical (unpaired) electrons. The molecule has 0 bridgehead atoms. The normalized spacial score (nSPS) is 5.08. The molecule has 8 N–H and O–H groups in total. The Bertz CT molecular complexity index is 92.7. The molecule has 0 aromatic rings. The number of nitrogens with two attached hydrogens (primary N) is 4. The minimum atomic E-state index is 0. The fourth-order valence-electron chi connectivity index (χ4n) is 0. The predicted octanol–water partition coefficient (Wildman–Crippen LogP) is 0.950. The minimum absolute atomic E-state index is 0. The van der Waals surface area contributed by atoms with Crippen molar-refractivity contribution in [1.82, 2.24) is 0 Å². The first-order valence-corrected chi connectivity index (χ1v) is 3.79. The van der Waals surface area contributed by atoms with Crippen LogP contribution in [0.2, 0.25) is 0 Å². The van der Waals surface area contributed by atoms with E-state index in [1.165, 1.54) is 6.42 Å². The Balaban J connectivity index is -0.0000000231. The van der Waals surface area contributed by atoms with Gasteiger partial charge in [-0.1, -0.05) is 20.3 Å². The van der Waals surface area contributed by atoms with Crippen LogP contribution in [0.4, 0.5) is 0 Å². The second kappa shape index (κ2) is 29.5. The van der Waals surface area contributed by atoms with Gasteiger partial charge in [-0.3, -0.25) is 0 Å². The van der Waals surface area contributed by atoms with E-state index in [2.05, 4.69) is 61.2 Å². The van der Waals surface area contributed by atoms with Gasteiger partial charge in [0.1, 0.15) is 0 Å². The van der Waals surface area contributed by atoms with Crippen LogP contribution in [0.3, 0.4) is 0 Å². The maximum atomic E-state index is 4.62. The van der Waals surface area contributed by atoms with E-state index >= 15 is 0 Å². The monoisotopic (exact) mass is 356 g/mol. The standard InChI is InChI=1S/C3H8.2CH4N2S.2BrH/c1-3-2;2*2-1(3)4;;/h3H2,1-2H3;2*(H4,2,3,4);2*1H. The highest BCUT2D eigenvalue weighted by Gasteiger charge is 1.53. The molecule has 8 heteroatoms. The van der Waals surface area contributed by atoms with E-state index in [1.807, 2.05) is 0 Å². The van der Waals surface area contributed by atoms with E-state index in [9.17, 15) is 0 Å². The molecule has 0 spiro atoms. The van der Waals surface area contributed by atoms with Crippen molar-refractivity contribution in [2.24, 2.45) is 22.9 Å². The van der Waals surface area contributed by atoms with Crippen molar-refractivity contribution < 1.29 is 0 Å². The molecular formula is C5H18Br2N4S2. The molecule has 0 saturated heterocycles. The van der Waals surface area contributed by atoms with Crippen LogP contribution in [0.1, 0.15) is 20.3 Å². The predicted molar refractivity (Wildman–Crippen MR) is 78.6 cm³/mol. The summed E-state index contributed by atoms with van der Waals surface area (Å²) in [5, 5.41) is 0.000000000000000444. The second-order valence-electron chi connectivity index (χ2n) is 1.51. The van der Waals surface area contributed by atoms with E-state index in [0.29, 0.717) is 0 Å². The molecule has 84 valence electrons. The van der Waals surface area contributed by atoms with Gasteiger partial charge in [0.25, 0.3) is 0 Å². The van der Waals surface area contributed by atoms with Gasteiger partial charge in [-0.25, -0.2) is 0 Å². The zero-order valence-corrected chi connectivity index (χ0v) is 12.7. The summed E-state index contributed by atoms with van der Waals surface area (Å²) in [5.74, 6) is 0. The molecule has 0 aliphatic rings. The third kappa shape index (κ3) is 11400. The first-order valence-electron chi connectivity index (χ1n) is 2.98. The van der Waals surface area contributed by atoms with Gasteiger partial charge in [-0.05, 0) is 24.4 Å². The summed E-state index contributed by atoms with van der Waals surface area (Å²) >= 11 is 8.19. The third-order valence-corrected chi connectivity index (χ3v) is 0. The number of hydrogen-bond acceptors (Lipinski definition) is 2. The SMILES string of the molecule is Br.Br.CCC.NC(N)=S.NC(N)=S. The molecule has 0 saturated carbocycles. The van der Waals surface area contributed by atoms with Crippen LogP contribution in [0, 0.1) is 0 Å². The summed E-state index contributed by atoms with van der Waals surface area (Å²) < 4.78 is 0. The maximum absolute atomic E-state index is 4.62. The van der Waals surface area contributed by atoms with Gasteiger partial charge in [-0.2, -0.15) is 0 Å². The average Bonchev–Trinajstić information content (AvgIpc) is 1.60. The average molecular weight is 358 g/mol. The van der Waals surface area contributed by atoms with Crippen LogP contribution in [0.15, 0.2) is 0 Å².